The third-order valence-electron chi connectivity index (χ3n) is 2.56. The second kappa shape index (κ2) is 7.38. The molecule has 0 aliphatic rings. The van der Waals surface area contributed by atoms with E-state index in [4.69, 9.17) is 10.5 Å². The number of carbonyl (C=O) groups is 2. The van der Waals surface area contributed by atoms with Crippen molar-refractivity contribution in [3.8, 4) is 5.75 Å². The van der Waals surface area contributed by atoms with E-state index in [1.807, 2.05) is 14.0 Å². The van der Waals surface area contributed by atoms with Crippen molar-refractivity contribution >= 4 is 11.8 Å². The maximum absolute atomic E-state index is 12.0. The standard InChI is InChI=1S/C13H19N3O3/c1-9(15-2)7-16-13(18)10-5-3-4-6-11(10)19-8-12(14)17/h3-6,9,15H,7-8H2,1-2H3,(H2,14,17)(H,16,18). The van der Waals surface area contributed by atoms with Gasteiger partial charge in [0.2, 0.25) is 0 Å². The molecule has 1 rings (SSSR count). The average Bonchev–Trinajstić information content (AvgIpc) is 2.42. The van der Waals surface area contributed by atoms with Crippen LogP contribution in [0.1, 0.15) is 17.3 Å². The molecule has 0 bridgehead atoms. The van der Waals surface area contributed by atoms with E-state index in [-0.39, 0.29) is 18.6 Å². The van der Waals surface area contributed by atoms with Crippen molar-refractivity contribution < 1.29 is 14.3 Å². The minimum Gasteiger partial charge on any atom is -0.483 e. The van der Waals surface area contributed by atoms with Gasteiger partial charge in [0.15, 0.2) is 6.61 Å². The molecular weight excluding hydrogens is 246 g/mol. The number of carbonyl (C=O) groups excluding carboxylic acids is 2. The summed E-state index contributed by atoms with van der Waals surface area (Å²) in [6, 6.07) is 6.88. The molecule has 0 aromatic heterocycles. The lowest BCUT2D eigenvalue weighted by molar-refractivity contribution is -0.119. The van der Waals surface area contributed by atoms with Crippen LogP contribution in [-0.4, -0.2) is 38.1 Å². The van der Waals surface area contributed by atoms with Crippen LogP contribution in [0.15, 0.2) is 24.3 Å². The third-order valence-corrected chi connectivity index (χ3v) is 2.56. The summed E-state index contributed by atoms with van der Waals surface area (Å²) >= 11 is 0. The van der Waals surface area contributed by atoms with Crippen LogP contribution < -0.4 is 21.1 Å². The summed E-state index contributed by atoms with van der Waals surface area (Å²) in [5.74, 6) is -0.489. The van der Waals surface area contributed by atoms with E-state index in [1.54, 1.807) is 24.3 Å². The van der Waals surface area contributed by atoms with Crippen LogP contribution in [-0.2, 0) is 4.79 Å². The summed E-state index contributed by atoms with van der Waals surface area (Å²) in [4.78, 5) is 22.7. The van der Waals surface area contributed by atoms with Gasteiger partial charge in [-0.25, -0.2) is 0 Å². The summed E-state index contributed by atoms with van der Waals surface area (Å²) in [5.41, 5.74) is 5.39. The van der Waals surface area contributed by atoms with Gasteiger partial charge in [-0.2, -0.15) is 0 Å². The number of nitrogens with one attached hydrogen (secondary N) is 2. The summed E-state index contributed by atoms with van der Waals surface area (Å²) < 4.78 is 5.20. The maximum Gasteiger partial charge on any atom is 0.255 e. The topological polar surface area (TPSA) is 93.4 Å². The van der Waals surface area contributed by atoms with Gasteiger partial charge in [0.25, 0.3) is 11.8 Å². The Morgan fingerprint density at radius 1 is 1.37 bits per heavy atom. The molecule has 0 heterocycles. The first kappa shape index (κ1) is 15.0. The first-order valence-electron chi connectivity index (χ1n) is 6.00. The summed E-state index contributed by atoms with van der Waals surface area (Å²) in [6.45, 7) is 2.20. The molecule has 2 amide bonds. The van der Waals surface area contributed by atoms with Gasteiger partial charge in [-0.3, -0.25) is 9.59 Å². The highest BCUT2D eigenvalue weighted by Gasteiger charge is 2.13. The van der Waals surface area contributed by atoms with Crippen LogP contribution in [0, 0.1) is 0 Å². The summed E-state index contributed by atoms with van der Waals surface area (Å²) in [6.07, 6.45) is 0. The van der Waals surface area contributed by atoms with E-state index in [1.165, 1.54) is 0 Å². The lowest BCUT2D eigenvalue weighted by Crippen LogP contribution is -2.37. The average molecular weight is 265 g/mol. The van der Waals surface area contributed by atoms with Gasteiger partial charge in [-0.05, 0) is 26.1 Å². The molecule has 0 saturated heterocycles. The fraction of sp³-hybridized carbons (Fsp3) is 0.385. The molecule has 6 heteroatoms. The molecular formula is C13H19N3O3. The van der Waals surface area contributed by atoms with Crippen molar-refractivity contribution in [1.29, 1.82) is 0 Å². The number of rotatable bonds is 7. The lowest BCUT2D eigenvalue weighted by atomic mass is 10.2. The molecule has 0 fully saturated rings. The van der Waals surface area contributed by atoms with Crippen molar-refractivity contribution in [2.45, 2.75) is 13.0 Å². The summed E-state index contributed by atoms with van der Waals surface area (Å²) in [5, 5.41) is 5.80. The van der Waals surface area contributed by atoms with Gasteiger partial charge in [0.05, 0.1) is 5.56 Å². The molecule has 0 spiro atoms. The Hall–Kier alpha value is -2.08. The van der Waals surface area contributed by atoms with E-state index in [0.29, 0.717) is 17.9 Å². The highest BCUT2D eigenvalue weighted by molar-refractivity contribution is 5.97. The van der Waals surface area contributed by atoms with Crippen LogP contribution in [0.2, 0.25) is 0 Å². The molecule has 0 aliphatic heterocycles. The molecule has 19 heavy (non-hydrogen) atoms. The second-order valence-electron chi connectivity index (χ2n) is 4.15. The number of primary amides is 1. The molecule has 1 aromatic rings. The fourth-order valence-corrected chi connectivity index (χ4v) is 1.37. The van der Waals surface area contributed by atoms with Crippen molar-refractivity contribution in [1.82, 2.24) is 10.6 Å². The molecule has 0 saturated carbocycles. The Morgan fingerprint density at radius 2 is 2.05 bits per heavy atom. The van der Waals surface area contributed by atoms with Gasteiger partial charge in [0.1, 0.15) is 5.75 Å². The Morgan fingerprint density at radius 3 is 2.68 bits per heavy atom. The van der Waals surface area contributed by atoms with E-state index < -0.39 is 5.91 Å². The largest absolute Gasteiger partial charge is 0.483 e. The molecule has 6 nitrogen and oxygen atoms in total. The predicted octanol–water partition coefficient (Wildman–Crippen LogP) is -0.112. The van der Waals surface area contributed by atoms with Gasteiger partial charge >= 0.3 is 0 Å². The molecule has 0 radical (unpaired) electrons. The van der Waals surface area contributed by atoms with E-state index in [0.717, 1.165) is 0 Å². The SMILES string of the molecule is CNC(C)CNC(=O)c1ccccc1OCC(N)=O. The molecule has 1 aromatic carbocycles. The zero-order valence-corrected chi connectivity index (χ0v) is 11.1. The first-order chi connectivity index (χ1) is 9.04. The Bertz CT molecular complexity index is 449. The number of ether oxygens (including phenoxy) is 1. The number of para-hydroxylation sites is 1. The van der Waals surface area contributed by atoms with Crippen molar-refractivity contribution in [2.75, 3.05) is 20.2 Å². The van der Waals surface area contributed by atoms with Crippen LogP contribution in [0.4, 0.5) is 0 Å². The summed E-state index contributed by atoms with van der Waals surface area (Å²) in [7, 11) is 1.82. The van der Waals surface area contributed by atoms with Gasteiger partial charge in [-0.1, -0.05) is 12.1 Å². The normalized spacial score (nSPS) is 11.7. The van der Waals surface area contributed by atoms with Crippen molar-refractivity contribution in [3.05, 3.63) is 29.8 Å². The van der Waals surface area contributed by atoms with Crippen molar-refractivity contribution in [3.63, 3.8) is 0 Å². The Labute approximate surface area is 112 Å². The predicted molar refractivity (Wildman–Crippen MR) is 72.0 cm³/mol. The van der Waals surface area contributed by atoms with Gasteiger partial charge < -0.3 is 21.1 Å². The first-order valence-corrected chi connectivity index (χ1v) is 6.00. The zero-order valence-electron chi connectivity index (χ0n) is 11.1. The molecule has 1 atom stereocenters. The monoisotopic (exact) mass is 265 g/mol. The van der Waals surface area contributed by atoms with Gasteiger partial charge in [0, 0.05) is 12.6 Å². The smallest absolute Gasteiger partial charge is 0.255 e. The van der Waals surface area contributed by atoms with E-state index in [9.17, 15) is 9.59 Å². The number of nitrogens with two attached hydrogens (primary N) is 1. The van der Waals surface area contributed by atoms with Crippen molar-refractivity contribution in [2.24, 2.45) is 5.73 Å². The van der Waals surface area contributed by atoms with Gasteiger partial charge in [-0.15, -0.1) is 0 Å². The number of likely N-dealkylation sites (N-methyl/N-ethyl adjacent to an activating group) is 1. The van der Waals surface area contributed by atoms with Crippen LogP contribution >= 0.6 is 0 Å². The number of hydrogen-bond acceptors (Lipinski definition) is 4. The van der Waals surface area contributed by atoms with Crippen LogP contribution in [0.3, 0.4) is 0 Å². The highest BCUT2D eigenvalue weighted by Crippen LogP contribution is 2.17. The van der Waals surface area contributed by atoms with E-state index in [2.05, 4.69) is 10.6 Å². The number of benzene rings is 1. The minimum absolute atomic E-state index is 0.169. The minimum atomic E-state index is -0.584. The second-order valence-corrected chi connectivity index (χ2v) is 4.15. The fourth-order valence-electron chi connectivity index (χ4n) is 1.37. The third kappa shape index (κ3) is 4.97. The highest BCUT2D eigenvalue weighted by atomic mass is 16.5. The van der Waals surface area contributed by atoms with E-state index >= 15 is 0 Å². The van der Waals surface area contributed by atoms with Crippen LogP contribution in [0.25, 0.3) is 0 Å². The zero-order chi connectivity index (χ0) is 14.3. The molecule has 1 unspecified atom stereocenters. The number of hydrogen-bond donors (Lipinski definition) is 3. The Kier molecular flexibility index (Phi) is 5.81. The van der Waals surface area contributed by atoms with Crippen LogP contribution in [0.5, 0.6) is 5.75 Å². The lowest BCUT2D eigenvalue weighted by Gasteiger charge is -2.13. The quantitative estimate of drug-likeness (QED) is 0.641. The maximum atomic E-state index is 12.0. The molecule has 0 aliphatic carbocycles. The molecule has 4 N–H and O–H groups in total. The Balaban J connectivity index is 2.70. The molecule has 104 valence electrons. The number of amides is 2.